The molecule has 1 saturated heterocycles. The minimum atomic E-state index is 0.642. The first kappa shape index (κ1) is 11.4. The largest absolute Gasteiger partial charge is 0.381 e. The summed E-state index contributed by atoms with van der Waals surface area (Å²) in [6.45, 7) is 2.83. The van der Waals surface area contributed by atoms with Crippen LogP contribution in [0.15, 0.2) is 16.9 Å². The van der Waals surface area contributed by atoms with E-state index < -0.39 is 0 Å². The van der Waals surface area contributed by atoms with Gasteiger partial charge in [-0.2, -0.15) is 0 Å². The zero-order valence-electron chi connectivity index (χ0n) is 9.68. The number of nitrogens with zero attached hydrogens (tertiary/aromatic N) is 3. The third-order valence-corrected chi connectivity index (χ3v) is 3.74. The van der Waals surface area contributed by atoms with E-state index in [0.717, 1.165) is 30.2 Å². The van der Waals surface area contributed by atoms with Gasteiger partial charge in [0.1, 0.15) is 0 Å². The molecule has 1 aliphatic carbocycles. The van der Waals surface area contributed by atoms with Crippen molar-refractivity contribution in [3.05, 3.63) is 16.9 Å². The zero-order chi connectivity index (χ0) is 11.7. The highest BCUT2D eigenvalue weighted by atomic mass is 79.9. The summed E-state index contributed by atoms with van der Waals surface area (Å²) in [6, 6.07) is 0.650. The Kier molecular flexibility index (Phi) is 3.29. The van der Waals surface area contributed by atoms with Gasteiger partial charge in [0, 0.05) is 37.5 Å². The Morgan fingerprint density at radius 3 is 2.65 bits per heavy atom. The first-order valence-corrected chi connectivity index (χ1v) is 6.94. The summed E-state index contributed by atoms with van der Waals surface area (Å²) in [5, 5.41) is 0. The Morgan fingerprint density at radius 2 is 2.06 bits per heavy atom. The maximum atomic E-state index is 5.44. The number of halogens is 1. The van der Waals surface area contributed by atoms with E-state index >= 15 is 0 Å². The highest BCUT2D eigenvalue weighted by molar-refractivity contribution is 9.10. The Bertz CT molecular complexity index is 374. The third-order valence-electron chi connectivity index (χ3n) is 3.33. The summed E-state index contributed by atoms with van der Waals surface area (Å²) < 4.78 is 6.37. The van der Waals surface area contributed by atoms with Crippen molar-refractivity contribution in [3.8, 4) is 0 Å². The van der Waals surface area contributed by atoms with Gasteiger partial charge in [-0.1, -0.05) is 0 Å². The van der Waals surface area contributed by atoms with Crippen LogP contribution >= 0.6 is 15.9 Å². The second-order valence-electron chi connectivity index (χ2n) is 4.81. The quantitative estimate of drug-likeness (QED) is 0.854. The smallest absolute Gasteiger partial charge is 0.225 e. The fraction of sp³-hybridized carbons (Fsp3) is 0.667. The number of anilines is 1. The monoisotopic (exact) mass is 297 g/mol. The lowest BCUT2D eigenvalue weighted by atomic mass is 10.1. The highest BCUT2D eigenvalue weighted by Crippen LogP contribution is 2.31. The molecular formula is C12H16BrN3O. The van der Waals surface area contributed by atoms with Crippen molar-refractivity contribution in [3.63, 3.8) is 0 Å². The average Bonchev–Trinajstić information content (AvgIpc) is 3.05. The van der Waals surface area contributed by atoms with Gasteiger partial charge in [-0.3, -0.25) is 0 Å². The lowest BCUT2D eigenvalue weighted by molar-refractivity contribution is 0.186. The van der Waals surface area contributed by atoms with Gasteiger partial charge in [0.15, 0.2) is 0 Å². The summed E-state index contributed by atoms with van der Waals surface area (Å²) in [5.41, 5.74) is 0. The van der Waals surface area contributed by atoms with Crippen LogP contribution in [0.3, 0.4) is 0 Å². The Morgan fingerprint density at radius 1 is 1.29 bits per heavy atom. The van der Waals surface area contributed by atoms with Crippen LogP contribution in [-0.4, -0.2) is 35.8 Å². The molecule has 4 nitrogen and oxygen atoms in total. The van der Waals surface area contributed by atoms with Crippen LogP contribution in [0.5, 0.6) is 0 Å². The minimum Gasteiger partial charge on any atom is -0.381 e. The molecule has 2 heterocycles. The molecule has 1 aliphatic heterocycles. The molecule has 0 aromatic carbocycles. The number of aromatic nitrogens is 2. The van der Waals surface area contributed by atoms with Gasteiger partial charge in [-0.05, 0) is 35.2 Å². The van der Waals surface area contributed by atoms with Crippen molar-refractivity contribution >= 4 is 21.9 Å². The van der Waals surface area contributed by atoms with Crippen molar-refractivity contribution in [1.82, 2.24) is 9.97 Å². The van der Waals surface area contributed by atoms with Crippen LogP contribution in [-0.2, 0) is 4.74 Å². The molecule has 1 saturated carbocycles. The third kappa shape index (κ3) is 2.77. The molecule has 1 aromatic heterocycles. The lowest BCUT2D eigenvalue weighted by Crippen LogP contribution is -2.33. The maximum Gasteiger partial charge on any atom is 0.225 e. The molecule has 17 heavy (non-hydrogen) atoms. The van der Waals surface area contributed by atoms with E-state index in [2.05, 4.69) is 30.8 Å². The molecule has 0 N–H and O–H groups in total. The van der Waals surface area contributed by atoms with Crippen molar-refractivity contribution in [1.29, 1.82) is 0 Å². The van der Waals surface area contributed by atoms with Gasteiger partial charge in [0.2, 0.25) is 5.95 Å². The summed E-state index contributed by atoms with van der Waals surface area (Å²) in [6.07, 6.45) is 7.35. The Labute approximate surface area is 110 Å². The van der Waals surface area contributed by atoms with E-state index in [1.165, 1.54) is 19.3 Å². The standard InChI is InChI=1S/C12H16BrN3O/c13-10-5-14-12(15-6-10)16(11-1-2-11)7-9-3-4-17-8-9/h5-6,9,11H,1-4,7-8H2. The second kappa shape index (κ2) is 4.90. The molecule has 2 aliphatic rings. The van der Waals surface area contributed by atoms with E-state index in [0.29, 0.717) is 12.0 Å². The van der Waals surface area contributed by atoms with Crippen molar-refractivity contribution < 1.29 is 4.74 Å². The van der Waals surface area contributed by atoms with Gasteiger partial charge in [0.05, 0.1) is 11.1 Å². The lowest BCUT2D eigenvalue weighted by Gasteiger charge is -2.24. The molecule has 5 heteroatoms. The number of rotatable bonds is 4. The molecule has 0 spiro atoms. The van der Waals surface area contributed by atoms with Gasteiger partial charge < -0.3 is 9.64 Å². The van der Waals surface area contributed by atoms with Crippen molar-refractivity contribution in [2.75, 3.05) is 24.7 Å². The first-order valence-electron chi connectivity index (χ1n) is 6.15. The van der Waals surface area contributed by atoms with Crippen LogP contribution in [0.4, 0.5) is 5.95 Å². The molecule has 92 valence electrons. The number of hydrogen-bond acceptors (Lipinski definition) is 4. The predicted molar refractivity (Wildman–Crippen MR) is 69.0 cm³/mol. The second-order valence-corrected chi connectivity index (χ2v) is 5.73. The topological polar surface area (TPSA) is 38.2 Å². The minimum absolute atomic E-state index is 0.642. The van der Waals surface area contributed by atoms with E-state index in [-0.39, 0.29) is 0 Å². The zero-order valence-corrected chi connectivity index (χ0v) is 11.3. The molecule has 1 unspecified atom stereocenters. The summed E-state index contributed by atoms with van der Waals surface area (Å²) in [5.74, 6) is 1.51. The molecule has 0 amide bonds. The van der Waals surface area contributed by atoms with Gasteiger partial charge in [-0.15, -0.1) is 0 Å². The van der Waals surface area contributed by atoms with Gasteiger partial charge in [-0.25, -0.2) is 9.97 Å². The molecule has 0 bridgehead atoms. The molecule has 2 fully saturated rings. The summed E-state index contributed by atoms with van der Waals surface area (Å²) in [7, 11) is 0. The highest BCUT2D eigenvalue weighted by Gasteiger charge is 2.33. The molecule has 3 rings (SSSR count). The molecule has 1 aromatic rings. The average molecular weight is 298 g/mol. The molecule has 0 radical (unpaired) electrons. The van der Waals surface area contributed by atoms with Crippen LogP contribution in [0.2, 0.25) is 0 Å². The SMILES string of the molecule is Brc1cnc(N(CC2CCOC2)C2CC2)nc1. The maximum absolute atomic E-state index is 5.44. The predicted octanol–water partition coefficient (Wildman–Crippen LogP) is 2.24. The van der Waals surface area contributed by atoms with E-state index in [4.69, 9.17) is 4.74 Å². The van der Waals surface area contributed by atoms with E-state index in [1.54, 1.807) is 0 Å². The van der Waals surface area contributed by atoms with Crippen LogP contribution in [0, 0.1) is 5.92 Å². The molecule has 1 atom stereocenters. The van der Waals surface area contributed by atoms with Crippen molar-refractivity contribution in [2.45, 2.75) is 25.3 Å². The Balaban J connectivity index is 1.72. The summed E-state index contributed by atoms with van der Waals surface area (Å²) >= 11 is 3.37. The normalized spacial score (nSPS) is 23.9. The summed E-state index contributed by atoms with van der Waals surface area (Å²) in [4.78, 5) is 11.2. The van der Waals surface area contributed by atoms with Crippen LogP contribution in [0.25, 0.3) is 0 Å². The van der Waals surface area contributed by atoms with E-state index in [1.807, 2.05) is 12.4 Å². The Hall–Kier alpha value is -0.680. The van der Waals surface area contributed by atoms with Crippen molar-refractivity contribution in [2.24, 2.45) is 5.92 Å². The molecular weight excluding hydrogens is 282 g/mol. The van der Waals surface area contributed by atoms with E-state index in [9.17, 15) is 0 Å². The van der Waals surface area contributed by atoms with Crippen LogP contribution in [0.1, 0.15) is 19.3 Å². The fourth-order valence-electron chi connectivity index (χ4n) is 2.24. The van der Waals surface area contributed by atoms with Crippen LogP contribution < -0.4 is 4.90 Å². The number of ether oxygens (including phenoxy) is 1. The fourth-order valence-corrected chi connectivity index (χ4v) is 2.44. The van der Waals surface area contributed by atoms with Gasteiger partial charge in [0.25, 0.3) is 0 Å². The first-order chi connectivity index (χ1) is 8.33. The number of hydrogen-bond donors (Lipinski definition) is 0. The van der Waals surface area contributed by atoms with Gasteiger partial charge >= 0.3 is 0 Å².